The SMILES string of the molecule is CNc1cc(C2CC(C)CCN2C(=O)OC(C)(C)C)[nH]n1. The zero-order valence-corrected chi connectivity index (χ0v) is 13.6. The molecule has 118 valence electrons. The molecule has 0 aromatic carbocycles. The third-order valence-corrected chi connectivity index (χ3v) is 3.71. The highest BCUT2D eigenvalue weighted by Gasteiger charge is 2.34. The lowest BCUT2D eigenvalue weighted by molar-refractivity contribution is 0.00454. The number of ether oxygens (including phenoxy) is 1. The van der Waals surface area contributed by atoms with Gasteiger partial charge in [-0.3, -0.25) is 10.00 Å². The number of H-pyrrole nitrogens is 1. The van der Waals surface area contributed by atoms with E-state index < -0.39 is 5.60 Å². The van der Waals surface area contributed by atoms with Crippen LogP contribution >= 0.6 is 0 Å². The van der Waals surface area contributed by atoms with E-state index in [0.29, 0.717) is 12.5 Å². The second-order valence-corrected chi connectivity index (χ2v) is 6.78. The fraction of sp³-hybridized carbons (Fsp3) is 0.733. The van der Waals surface area contributed by atoms with Crippen molar-refractivity contribution in [1.82, 2.24) is 15.1 Å². The van der Waals surface area contributed by atoms with Gasteiger partial charge in [-0.2, -0.15) is 5.10 Å². The number of likely N-dealkylation sites (tertiary alicyclic amines) is 1. The molecule has 1 saturated heterocycles. The number of carbonyl (C=O) groups is 1. The number of amides is 1. The molecule has 1 aliphatic rings. The van der Waals surface area contributed by atoms with E-state index in [1.807, 2.05) is 38.8 Å². The fourth-order valence-electron chi connectivity index (χ4n) is 2.61. The number of nitrogens with zero attached hydrogens (tertiary/aromatic N) is 2. The van der Waals surface area contributed by atoms with Gasteiger partial charge in [0.05, 0.1) is 11.7 Å². The maximum absolute atomic E-state index is 12.4. The first-order valence-corrected chi connectivity index (χ1v) is 7.53. The van der Waals surface area contributed by atoms with Crippen molar-refractivity contribution in [1.29, 1.82) is 0 Å². The maximum atomic E-state index is 12.4. The number of hydrogen-bond donors (Lipinski definition) is 2. The van der Waals surface area contributed by atoms with E-state index in [2.05, 4.69) is 22.4 Å². The lowest BCUT2D eigenvalue weighted by Crippen LogP contribution is -2.43. The Kier molecular flexibility index (Phi) is 4.44. The molecule has 0 aliphatic carbocycles. The van der Waals surface area contributed by atoms with Crippen LogP contribution in [0.15, 0.2) is 6.07 Å². The summed E-state index contributed by atoms with van der Waals surface area (Å²) in [7, 11) is 1.83. The minimum Gasteiger partial charge on any atom is -0.444 e. The van der Waals surface area contributed by atoms with Crippen LogP contribution in [0.2, 0.25) is 0 Å². The molecule has 0 radical (unpaired) electrons. The highest BCUT2D eigenvalue weighted by molar-refractivity contribution is 5.69. The van der Waals surface area contributed by atoms with E-state index in [-0.39, 0.29) is 12.1 Å². The Labute approximate surface area is 126 Å². The monoisotopic (exact) mass is 294 g/mol. The first kappa shape index (κ1) is 15.7. The zero-order chi connectivity index (χ0) is 15.6. The first-order valence-electron chi connectivity index (χ1n) is 7.53. The maximum Gasteiger partial charge on any atom is 0.410 e. The van der Waals surface area contributed by atoms with Gasteiger partial charge in [-0.25, -0.2) is 4.79 Å². The molecule has 2 N–H and O–H groups in total. The van der Waals surface area contributed by atoms with Gasteiger partial charge in [0.1, 0.15) is 11.4 Å². The van der Waals surface area contributed by atoms with Gasteiger partial charge in [0.25, 0.3) is 0 Å². The fourth-order valence-corrected chi connectivity index (χ4v) is 2.61. The molecule has 1 fully saturated rings. The second-order valence-electron chi connectivity index (χ2n) is 6.78. The molecule has 1 aromatic rings. The number of anilines is 1. The second kappa shape index (κ2) is 5.95. The number of aromatic amines is 1. The number of carbonyl (C=O) groups excluding carboxylic acids is 1. The quantitative estimate of drug-likeness (QED) is 0.879. The lowest BCUT2D eigenvalue weighted by atomic mass is 9.91. The smallest absolute Gasteiger partial charge is 0.410 e. The molecule has 0 bridgehead atoms. The molecular weight excluding hydrogens is 268 g/mol. The van der Waals surface area contributed by atoms with Crippen molar-refractivity contribution in [2.45, 2.75) is 52.2 Å². The van der Waals surface area contributed by atoms with E-state index in [1.165, 1.54) is 0 Å². The van der Waals surface area contributed by atoms with Crippen molar-refractivity contribution >= 4 is 11.9 Å². The van der Waals surface area contributed by atoms with E-state index >= 15 is 0 Å². The van der Waals surface area contributed by atoms with Crippen LogP contribution in [-0.4, -0.2) is 40.4 Å². The number of aromatic nitrogens is 2. The Morgan fingerprint density at radius 1 is 1.52 bits per heavy atom. The summed E-state index contributed by atoms with van der Waals surface area (Å²) in [5, 5.41) is 10.2. The summed E-state index contributed by atoms with van der Waals surface area (Å²) in [6, 6.07) is 1.96. The summed E-state index contributed by atoms with van der Waals surface area (Å²) in [5.41, 5.74) is 0.478. The number of rotatable bonds is 2. The molecule has 1 amide bonds. The molecule has 2 heterocycles. The van der Waals surface area contributed by atoms with Gasteiger partial charge < -0.3 is 10.1 Å². The number of nitrogens with one attached hydrogen (secondary N) is 2. The van der Waals surface area contributed by atoms with Crippen molar-refractivity contribution < 1.29 is 9.53 Å². The predicted molar refractivity (Wildman–Crippen MR) is 82.2 cm³/mol. The highest BCUT2D eigenvalue weighted by atomic mass is 16.6. The lowest BCUT2D eigenvalue weighted by Gasteiger charge is -2.38. The molecule has 0 spiro atoms. The van der Waals surface area contributed by atoms with Crippen LogP contribution in [0.3, 0.4) is 0 Å². The molecule has 6 nitrogen and oxygen atoms in total. The van der Waals surface area contributed by atoms with Crippen molar-refractivity contribution in [2.75, 3.05) is 18.9 Å². The van der Waals surface area contributed by atoms with E-state index in [9.17, 15) is 4.79 Å². The average molecular weight is 294 g/mol. The predicted octanol–water partition coefficient (Wildman–Crippen LogP) is 3.16. The molecule has 1 aromatic heterocycles. The van der Waals surface area contributed by atoms with Gasteiger partial charge in [-0.15, -0.1) is 0 Å². The summed E-state index contributed by atoms with van der Waals surface area (Å²) < 4.78 is 5.53. The number of hydrogen-bond acceptors (Lipinski definition) is 4. The summed E-state index contributed by atoms with van der Waals surface area (Å²) >= 11 is 0. The van der Waals surface area contributed by atoms with Gasteiger partial charge in [-0.05, 0) is 39.5 Å². The Morgan fingerprint density at radius 3 is 2.81 bits per heavy atom. The molecule has 21 heavy (non-hydrogen) atoms. The van der Waals surface area contributed by atoms with Crippen molar-refractivity contribution in [3.8, 4) is 0 Å². The largest absolute Gasteiger partial charge is 0.444 e. The summed E-state index contributed by atoms with van der Waals surface area (Å²) in [6.07, 6.45) is 1.67. The van der Waals surface area contributed by atoms with Gasteiger partial charge in [-0.1, -0.05) is 6.92 Å². The molecule has 6 heteroatoms. The number of piperidine rings is 1. The normalized spacial score (nSPS) is 23.0. The van der Waals surface area contributed by atoms with Crippen molar-refractivity contribution in [3.05, 3.63) is 11.8 Å². The first-order chi connectivity index (χ1) is 9.80. The summed E-state index contributed by atoms with van der Waals surface area (Å²) in [5.74, 6) is 1.36. The highest BCUT2D eigenvalue weighted by Crippen LogP contribution is 2.34. The molecular formula is C15H26N4O2. The molecule has 2 rings (SSSR count). The minimum absolute atomic E-state index is 0.00167. The van der Waals surface area contributed by atoms with Crippen LogP contribution < -0.4 is 5.32 Å². The third-order valence-electron chi connectivity index (χ3n) is 3.71. The van der Waals surface area contributed by atoms with Crippen molar-refractivity contribution in [3.63, 3.8) is 0 Å². The molecule has 2 atom stereocenters. The van der Waals surface area contributed by atoms with Crippen LogP contribution in [0.1, 0.15) is 52.3 Å². The Balaban J connectivity index is 2.19. The van der Waals surface area contributed by atoms with E-state index in [4.69, 9.17) is 4.74 Å². The molecule has 2 unspecified atom stereocenters. The molecule has 1 aliphatic heterocycles. The van der Waals surface area contributed by atoms with Gasteiger partial charge in [0.15, 0.2) is 0 Å². The Bertz CT molecular complexity index is 492. The average Bonchev–Trinajstić information content (AvgIpc) is 2.85. The summed E-state index contributed by atoms with van der Waals surface area (Å²) in [4.78, 5) is 14.3. The van der Waals surface area contributed by atoms with Crippen LogP contribution in [0.25, 0.3) is 0 Å². The van der Waals surface area contributed by atoms with Crippen LogP contribution in [-0.2, 0) is 4.74 Å². The third kappa shape index (κ3) is 3.89. The standard InChI is InChI=1S/C15H26N4O2/c1-10-6-7-19(14(20)21-15(2,3)4)12(8-10)11-9-13(16-5)18-17-11/h9-10,12H,6-8H2,1-5H3,(H2,16,17,18). The van der Waals surface area contributed by atoms with Gasteiger partial charge in [0, 0.05) is 19.7 Å². The van der Waals surface area contributed by atoms with Gasteiger partial charge in [0.2, 0.25) is 0 Å². The minimum atomic E-state index is -0.477. The van der Waals surface area contributed by atoms with E-state index in [0.717, 1.165) is 24.4 Å². The van der Waals surface area contributed by atoms with Crippen molar-refractivity contribution in [2.24, 2.45) is 5.92 Å². The van der Waals surface area contributed by atoms with Crippen LogP contribution in [0.5, 0.6) is 0 Å². The van der Waals surface area contributed by atoms with Gasteiger partial charge >= 0.3 is 6.09 Å². The van der Waals surface area contributed by atoms with E-state index in [1.54, 1.807) is 0 Å². The van der Waals surface area contributed by atoms with Crippen LogP contribution in [0.4, 0.5) is 10.6 Å². The Hall–Kier alpha value is -1.72. The zero-order valence-electron chi connectivity index (χ0n) is 13.6. The van der Waals surface area contributed by atoms with Crippen LogP contribution in [0, 0.1) is 5.92 Å². The molecule has 0 saturated carbocycles. The summed E-state index contributed by atoms with van der Waals surface area (Å²) in [6.45, 7) is 8.61. The Morgan fingerprint density at radius 2 is 2.24 bits per heavy atom. The topological polar surface area (TPSA) is 70.2 Å².